The Morgan fingerprint density at radius 2 is 1.69 bits per heavy atom. The van der Waals surface area contributed by atoms with Crippen molar-refractivity contribution in [2.24, 2.45) is 0 Å². The van der Waals surface area contributed by atoms with Crippen molar-refractivity contribution < 1.29 is 14.0 Å². The number of carbonyl (C=O) groups excluding carboxylic acids is 2. The molecular weight excluding hydrogens is 472 g/mol. The maximum atomic E-state index is 13.1. The fourth-order valence-corrected chi connectivity index (χ4v) is 4.47. The van der Waals surface area contributed by atoms with Crippen LogP contribution in [0.1, 0.15) is 32.0 Å². The predicted molar refractivity (Wildman–Crippen MR) is 140 cm³/mol. The van der Waals surface area contributed by atoms with Crippen molar-refractivity contribution in [2.75, 3.05) is 5.32 Å². The molecule has 2 amide bonds. The van der Waals surface area contributed by atoms with Crippen LogP contribution in [0.2, 0.25) is 0 Å². The van der Waals surface area contributed by atoms with Gasteiger partial charge in [0.05, 0.1) is 12.2 Å². The van der Waals surface area contributed by atoms with Crippen molar-refractivity contribution in [2.45, 2.75) is 17.5 Å². The van der Waals surface area contributed by atoms with Gasteiger partial charge in [0.15, 0.2) is 5.58 Å². The molecule has 0 saturated heterocycles. The van der Waals surface area contributed by atoms with Crippen LogP contribution >= 0.6 is 11.8 Å². The molecule has 2 aromatic heterocycles. The third-order valence-electron chi connectivity index (χ3n) is 5.43. The fourth-order valence-electron chi connectivity index (χ4n) is 3.63. The maximum absolute atomic E-state index is 13.1. The van der Waals surface area contributed by atoms with Crippen LogP contribution in [0.4, 0.5) is 5.69 Å². The summed E-state index contributed by atoms with van der Waals surface area (Å²) in [6, 6.07) is 27.4. The number of nitrogens with one attached hydrogen (secondary N) is 2. The van der Waals surface area contributed by atoms with E-state index in [9.17, 15) is 9.59 Å². The fraction of sp³-hybridized carbons (Fsp3) is 0.0714. The molecule has 0 spiro atoms. The van der Waals surface area contributed by atoms with Gasteiger partial charge in [-0.25, -0.2) is 4.98 Å². The van der Waals surface area contributed by atoms with Gasteiger partial charge in [-0.15, -0.1) is 0 Å². The van der Waals surface area contributed by atoms with Crippen molar-refractivity contribution in [1.29, 1.82) is 0 Å². The summed E-state index contributed by atoms with van der Waals surface area (Å²) in [4.78, 5) is 34.4. The minimum atomic E-state index is -0.255. The van der Waals surface area contributed by atoms with Gasteiger partial charge in [0, 0.05) is 28.8 Å². The summed E-state index contributed by atoms with van der Waals surface area (Å²) in [5.41, 5.74) is 4.68. The number of pyridine rings is 1. The Kier molecular flexibility index (Phi) is 7.05. The minimum absolute atomic E-state index is 0.244. The first-order chi connectivity index (χ1) is 17.7. The summed E-state index contributed by atoms with van der Waals surface area (Å²) < 4.78 is 5.78. The monoisotopic (exact) mass is 494 g/mol. The number of rotatable bonds is 8. The maximum Gasteiger partial charge on any atom is 0.257 e. The van der Waals surface area contributed by atoms with Gasteiger partial charge in [0.25, 0.3) is 17.0 Å². The molecule has 36 heavy (non-hydrogen) atoms. The number of hydrogen-bond acceptors (Lipinski definition) is 6. The number of carbonyl (C=O) groups is 2. The van der Waals surface area contributed by atoms with E-state index in [1.807, 2.05) is 60.7 Å². The highest BCUT2D eigenvalue weighted by molar-refractivity contribution is 7.98. The molecule has 0 aliphatic carbocycles. The van der Waals surface area contributed by atoms with E-state index in [2.05, 4.69) is 20.6 Å². The molecule has 7 nitrogen and oxygen atoms in total. The van der Waals surface area contributed by atoms with E-state index < -0.39 is 0 Å². The second kappa shape index (κ2) is 10.9. The number of anilines is 1. The molecular formula is C28H22N4O3S. The van der Waals surface area contributed by atoms with Crippen molar-refractivity contribution in [3.63, 3.8) is 0 Å². The number of benzene rings is 3. The zero-order valence-electron chi connectivity index (χ0n) is 19.2. The zero-order chi connectivity index (χ0) is 24.7. The highest BCUT2D eigenvalue weighted by Gasteiger charge is 2.14. The number of para-hydroxylation sites is 2. The van der Waals surface area contributed by atoms with Crippen LogP contribution in [-0.2, 0) is 12.3 Å². The quantitative estimate of drug-likeness (QED) is 0.269. The summed E-state index contributed by atoms with van der Waals surface area (Å²) in [7, 11) is 0. The second-order valence-corrected chi connectivity index (χ2v) is 8.86. The van der Waals surface area contributed by atoms with Crippen molar-refractivity contribution in [3.8, 4) is 0 Å². The lowest BCUT2D eigenvalue weighted by molar-refractivity contribution is 0.0949. The topological polar surface area (TPSA) is 97.1 Å². The van der Waals surface area contributed by atoms with Gasteiger partial charge in [-0.05, 0) is 54.1 Å². The average Bonchev–Trinajstić information content (AvgIpc) is 3.34. The van der Waals surface area contributed by atoms with Crippen molar-refractivity contribution >= 4 is 40.4 Å². The van der Waals surface area contributed by atoms with E-state index in [4.69, 9.17) is 4.42 Å². The number of nitrogens with zero attached hydrogens (tertiary/aromatic N) is 2. The number of hydrogen-bond donors (Lipinski definition) is 2. The minimum Gasteiger partial charge on any atom is -0.431 e. The van der Waals surface area contributed by atoms with E-state index in [1.165, 1.54) is 11.8 Å². The Morgan fingerprint density at radius 1 is 0.861 bits per heavy atom. The normalized spacial score (nSPS) is 10.8. The van der Waals surface area contributed by atoms with E-state index in [-0.39, 0.29) is 11.8 Å². The molecule has 8 heteroatoms. The number of aromatic nitrogens is 2. The van der Waals surface area contributed by atoms with Crippen LogP contribution < -0.4 is 10.6 Å². The standard InChI is InChI=1S/C28H22N4O3S/c33-26(30-17-22-10-5-6-15-29-22)19-9-7-11-21(16-19)31-27(34)23-12-2-1-8-20(23)18-36-28-32-24-13-3-4-14-25(24)35-28/h1-16H,17-18H2,(H,30,33)(H,31,34). The molecule has 0 atom stereocenters. The Bertz CT molecular complexity index is 1480. The third-order valence-corrected chi connectivity index (χ3v) is 6.30. The lowest BCUT2D eigenvalue weighted by Crippen LogP contribution is -2.23. The molecule has 0 saturated carbocycles. The van der Waals surface area contributed by atoms with Crippen LogP contribution in [0.3, 0.4) is 0 Å². The first kappa shape index (κ1) is 23.3. The summed E-state index contributed by atoms with van der Waals surface area (Å²) in [6.07, 6.45) is 1.68. The molecule has 0 unspecified atom stereocenters. The van der Waals surface area contributed by atoms with Gasteiger partial charge in [-0.1, -0.05) is 54.2 Å². The van der Waals surface area contributed by atoms with E-state index in [0.29, 0.717) is 34.3 Å². The molecule has 0 fully saturated rings. The number of amides is 2. The van der Waals surface area contributed by atoms with E-state index >= 15 is 0 Å². The van der Waals surface area contributed by atoms with Gasteiger partial charge in [0.2, 0.25) is 0 Å². The van der Waals surface area contributed by atoms with Gasteiger partial charge >= 0.3 is 0 Å². The van der Waals surface area contributed by atoms with Crippen molar-refractivity contribution in [3.05, 3.63) is 120 Å². The average molecular weight is 495 g/mol. The van der Waals surface area contributed by atoms with Gasteiger partial charge < -0.3 is 15.1 Å². The summed E-state index contributed by atoms with van der Waals surface area (Å²) in [5, 5.41) is 6.31. The van der Waals surface area contributed by atoms with Crippen LogP contribution in [0.5, 0.6) is 0 Å². The second-order valence-electron chi connectivity index (χ2n) is 7.93. The number of fused-ring (bicyclic) bond motifs is 1. The molecule has 178 valence electrons. The lowest BCUT2D eigenvalue weighted by Gasteiger charge is -2.11. The van der Waals surface area contributed by atoms with Gasteiger partial charge in [-0.3, -0.25) is 14.6 Å². The Hall–Kier alpha value is -4.43. The van der Waals surface area contributed by atoms with Crippen LogP contribution in [-0.4, -0.2) is 21.8 Å². The Morgan fingerprint density at radius 3 is 2.56 bits per heavy atom. The summed E-state index contributed by atoms with van der Waals surface area (Å²) in [5.74, 6) is 0.0218. The lowest BCUT2D eigenvalue weighted by atomic mass is 10.1. The number of thioether (sulfide) groups is 1. The predicted octanol–water partition coefficient (Wildman–Crippen LogP) is 5.70. The molecule has 2 N–H and O–H groups in total. The molecule has 0 bridgehead atoms. The largest absolute Gasteiger partial charge is 0.431 e. The SMILES string of the molecule is O=C(NCc1ccccn1)c1cccc(NC(=O)c2ccccc2CSc2nc3ccccc3o2)c1. The first-order valence-corrected chi connectivity index (χ1v) is 12.3. The van der Waals surface area contributed by atoms with Crippen molar-refractivity contribution in [1.82, 2.24) is 15.3 Å². The Balaban J connectivity index is 1.24. The van der Waals surface area contributed by atoms with E-state index in [1.54, 1.807) is 36.5 Å². The van der Waals surface area contributed by atoms with Gasteiger partial charge in [0.1, 0.15) is 5.52 Å². The summed E-state index contributed by atoms with van der Waals surface area (Å²) in [6.45, 7) is 0.321. The van der Waals surface area contributed by atoms with Crippen LogP contribution in [0.15, 0.2) is 107 Å². The highest BCUT2D eigenvalue weighted by atomic mass is 32.2. The zero-order valence-corrected chi connectivity index (χ0v) is 20.0. The molecule has 0 radical (unpaired) electrons. The van der Waals surface area contributed by atoms with Crippen LogP contribution in [0.25, 0.3) is 11.1 Å². The Labute approximate surface area is 212 Å². The third kappa shape index (κ3) is 5.61. The molecule has 5 aromatic rings. The molecule has 0 aliphatic rings. The smallest absolute Gasteiger partial charge is 0.257 e. The molecule has 0 aliphatic heterocycles. The van der Waals surface area contributed by atoms with E-state index in [0.717, 1.165) is 22.4 Å². The van der Waals surface area contributed by atoms with Crippen LogP contribution in [0, 0.1) is 0 Å². The molecule has 3 aromatic carbocycles. The summed E-state index contributed by atoms with van der Waals surface area (Å²) >= 11 is 1.43. The highest BCUT2D eigenvalue weighted by Crippen LogP contribution is 2.27. The molecule has 5 rings (SSSR count). The first-order valence-electron chi connectivity index (χ1n) is 11.3. The van der Waals surface area contributed by atoms with Gasteiger partial charge in [-0.2, -0.15) is 0 Å². The number of oxazole rings is 1. The molecule has 2 heterocycles.